The highest BCUT2D eigenvalue weighted by molar-refractivity contribution is 6.17. The topological polar surface area (TPSA) is 32.9 Å². The maximum Gasteiger partial charge on any atom is 0.248 e. The first-order chi connectivity index (χ1) is 4.83. The van der Waals surface area contributed by atoms with Crippen LogP contribution in [-0.4, -0.2) is 10.9 Å². The van der Waals surface area contributed by atoms with E-state index in [-0.39, 0.29) is 5.56 Å². The Kier molecular flexibility index (Phi) is 2.51. The molecule has 0 spiro atoms. The molecule has 1 heterocycles. The molecule has 0 saturated carbocycles. The van der Waals surface area contributed by atoms with Gasteiger partial charge in [0.05, 0.1) is 0 Å². The lowest BCUT2D eigenvalue weighted by Crippen LogP contribution is -2.04. The Morgan fingerprint density at radius 1 is 1.60 bits per heavy atom. The van der Waals surface area contributed by atoms with Crippen molar-refractivity contribution in [1.29, 1.82) is 0 Å². The van der Waals surface area contributed by atoms with Crippen molar-refractivity contribution in [3.8, 4) is 0 Å². The summed E-state index contributed by atoms with van der Waals surface area (Å²) in [6, 6.07) is 3.41. The second kappa shape index (κ2) is 3.42. The summed E-state index contributed by atoms with van der Waals surface area (Å²) in [5.74, 6) is 0.559. The molecule has 1 aromatic rings. The summed E-state index contributed by atoms with van der Waals surface area (Å²) in [6.45, 7) is 0. The summed E-state index contributed by atoms with van der Waals surface area (Å²) in [7, 11) is 0. The van der Waals surface area contributed by atoms with Gasteiger partial charge in [0.15, 0.2) is 0 Å². The predicted octanol–water partition coefficient (Wildman–Crippen LogP) is 1.16. The second-order valence-corrected chi connectivity index (χ2v) is 2.38. The number of alkyl halides is 1. The first-order valence-corrected chi connectivity index (χ1v) is 3.60. The number of aryl methyl sites for hydroxylation is 1. The highest BCUT2D eigenvalue weighted by atomic mass is 35.5. The molecule has 1 aromatic heterocycles. The van der Waals surface area contributed by atoms with Crippen molar-refractivity contribution in [2.24, 2.45) is 0 Å². The van der Waals surface area contributed by atoms with Gasteiger partial charge < -0.3 is 4.98 Å². The maximum atomic E-state index is 10.7. The number of hydrogen-bond acceptors (Lipinski definition) is 1. The van der Waals surface area contributed by atoms with Crippen LogP contribution in [0.25, 0.3) is 0 Å². The smallest absolute Gasteiger partial charge is 0.248 e. The van der Waals surface area contributed by atoms with Gasteiger partial charge in [-0.2, -0.15) is 0 Å². The van der Waals surface area contributed by atoms with E-state index in [9.17, 15) is 4.79 Å². The van der Waals surface area contributed by atoms with Crippen LogP contribution in [-0.2, 0) is 6.42 Å². The molecule has 0 bridgehead atoms. The lowest BCUT2D eigenvalue weighted by atomic mass is 10.2. The van der Waals surface area contributed by atoms with Crippen molar-refractivity contribution in [3.05, 3.63) is 34.2 Å². The zero-order valence-electron chi connectivity index (χ0n) is 5.43. The highest BCUT2D eigenvalue weighted by Crippen LogP contribution is 1.95. The average molecular weight is 158 g/mol. The van der Waals surface area contributed by atoms with Gasteiger partial charge in [0.2, 0.25) is 5.56 Å². The third-order valence-electron chi connectivity index (χ3n) is 1.22. The number of rotatable bonds is 2. The third kappa shape index (κ3) is 1.88. The van der Waals surface area contributed by atoms with Crippen LogP contribution in [0.3, 0.4) is 0 Å². The first-order valence-electron chi connectivity index (χ1n) is 3.06. The molecule has 0 aliphatic carbocycles. The van der Waals surface area contributed by atoms with Crippen molar-refractivity contribution >= 4 is 11.6 Å². The van der Waals surface area contributed by atoms with Crippen LogP contribution in [0.5, 0.6) is 0 Å². The van der Waals surface area contributed by atoms with Crippen LogP contribution >= 0.6 is 11.6 Å². The lowest BCUT2D eigenvalue weighted by Gasteiger charge is -1.92. The number of hydrogen-bond donors (Lipinski definition) is 1. The molecular weight excluding hydrogens is 150 g/mol. The zero-order chi connectivity index (χ0) is 7.40. The minimum atomic E-state index is -0.0670. The van der Waals surface area contributed by atoms with E-state index in [0.29, 0.717) is 5.88 Å². The number of aromatic amines is 1. The standard InChI is InChI=1S/C7H8ClNO/c8-3-1-6-2-4-9-7(10)5-6/h2,4-5H,1,3H2,(H,9,10). The van der Waals surface area contributed by atoms with Gasteiger partial charge in [-0.1, -0.05) is 0 Å². The molecule has 2 nitrogen and oxygen atoms in total. The quantitative estimate of drug-likeness (QED) is 0.642. The summed E-state index contributed by atoms with van der Waals surface area (Å²) >= 11 is 5.48. The Balaban J connectivity index is 2.85. The predicted molar refractivity (Wildman–Crippen MR) is 41.5 cm³/mol. The molecule has 10 heavy (non-hydrogen) atoms. The summed E-state index contributed by atoms with van der Waals surface area (Å²) in [6.07, 6.45) is 2.38. The molecule has 1 N–H and O–H groups in total. The third-order valence-corrected chi connectivity index (χ3v) is 1.41. The van der Waals surface area contributed by atoms with Gasteiger partial charge in [-0.15, -0.1) is 11.6 Å². The first kappa shape index (κ1) is 7.35. The fraction of sp³-hybridized carbons (Fsp3) is 0.286. The van der Waals surface area contributed by atoms with Gasteiger partial charge in [-0.05, 0) is 18.1 Å². The van der Waals surface area contributed by atoms with Crippen molar-refractivity contribution in [2.45, 2.75) is 6.42 Å². The molecule has 0 fully saturated rings. The molecule has 0 atom stereocenters. The van der Waals surface area contributed by atoms with Gasteiger partial charge in [0, 0.05) is 18.1 Å². The Morgan fingerprint density at radius 2 is 2.40 bits per heavy atom. The number of pyridine rings is 1. The van der Waals surface area contributed by atoms with E-state index in [0.717, 1.165) is 12.0 Å². The zero-order valence-corrected chi connectivity index (χ0v) is 6.19. The number of halogens is 1. The Bertz CT molecular complexity index is 256. The van der Waals surface area contributed by atoms with Crippen molar-refractivity contribution in [1.82, 2.24) is 4.98 Å². The van der Waals surface area contributed by atoms with E-state index < -0.39 is 0 Å². The van der Waals surface area contributed by atoms with Gasteiger partial charge in [0.1, 0.15) is 0 Å². The molecule has 0 aliphatic heterocycles. The van der Waals surface area contributed by atoms with Gasteiger partial charge >= 0.3 is 0 Å². The van der Waals surface area contributed by atoms with Crippen LogP contribution in [0.2, 0.25) is 0 Å². The van der Waals surface area contributed by atoms with Gasteiger partial charge in [0.25, 0.3) is 0 Å². The number of aromatic nitrogens is 1. The molecule has 0 radical (unpaired) electrons. The Hall–Kier alpha value is -0.760. The minimum Gasteiger partial charge on any atom is -0.329 e. The maximum absolute atomic E-state index is 10.7. The summed E-state index contributed by atoms with van der Waals surface area (Å²) < 4.78 is 0. The number of nitrogens with one attached hydrogen (secondary N) is 1. The Labute approximate surface area is 63.8 Å². The van der Waals surface area contributed by atoms with E-state index in [1.807, 2.05) is 6.07 Å². The second-order valence-electron chi connectivity index (χ2n) is 2.00. The van der Waals surface area contributed by atoms with Crippen molar-refractivity contribution < 1.29 is 0 Å². The van der Waals surface area contributed by atoms with E-state index >= 15 is 0 Å². The molecule has 0 unspecified atom stereocenters. The fourth-order valence-electron chi connectivity index (χ4n) is 0.754. The molecule has 0 amide bonds. The van der Waals surface area contributed by atoms with E-state index in [1.54, 1.807) is 12.3 Å². The SMILES string of the molecule is O=c1cc(CCCl)cc[nH]1. The summed E-state index contributed by atoms with van der Waals surface area (Å²) in [5, 5.41) is 0. The highest BCUT2D eigenvalue weighted by Gasteiger charge is 1.89. The lowest BCUT2D eigenvalue weighted by molar-refractivity contribution is 1.10. The number of H-pyrrole nitrogens is 1. The van der Waals surface area contributed by atoms with E-state index in [1.165, 1.54) is 0 Å². The average Bonchev–Trinajstić information content (AvgIpc) is 1.88. The van der Waals surface area contributed by atoms with Crippen molar-refractivity contribution in [2.75, 3.05) is 5.88 Å². The molecule has 0 aliphatic rings. The van der Waals surface area contributed by atoms with Crippen molar-refractivity contribution in [3.63, 3.8) is 0 Å². The van der Waals surface area contributed by atoms with Crippen LogP contribution in [0, 0.1) is 0 Å². The molecule has 54 valence electrons. The monoisotopic (exact) mass is 157 g/mol. The normalized spacial score (nSPS) is 9.70. The largest absolute Gasteiger partial charge is 0.329 e. The minimum absolute atomic E-state index is 0.0670. The van der Waals surface area contributed by atoms with E-state index in [4.69, 9.17) is 11.6 Å². The van der Waals surface area contributed by atoms with Crippen LogP contribution < -0.4 is 5.56 Å². The molecular formula is C7H8ClNO. The van der Waals surface area contributed by atoms with Gasteiger partial charge in [-0.3, -0.25) is 4.79 Å². The summed E-state index contributed by atoms with van der Waals surface area (Å²) in [4.78, 5) is 13.2. The Morgan fingerprint density at radius 3 is 3.00 bits per heavy atom. The molecule has 1 rings (SSSR count). The molecule has 3 heteroatoms. The van der Waals surface area contributed by atoms with Gasteiger partial charge in [-0.25, -0.2) is 0 Å². The fourth-order valence-corrected chi connectivity index (χ4v) is 0.972. The van der Waals surface area contributed by atoms with Crippen LogP contribution in [0.15, 0.2) is 23.1 Å². The summed E-state index contributed by atoms with van der Waals surface area (Å²) in [5.41, 5.74) is 0.918. The molecule has 0 aromatic carbocycles. The van der Waals surface area contributed by atoms with E-state index in [2.05, 4.69) is 4.98 Å². The van der Waals surface area contributed by atoms with Crippen LogP contribution in [0.1, 0.15) is 5.56 Å². The van der Waals surface area contributed by atoms with Crippen LogP contribution in [0.4, 0.5) is 0 Å². The molecule has 0 saturated heterocycles.